The molecule has 0 N–H and O–H groups in total. The molecule has 1 aliphatic carbocycles. The van der Waals surface area contributed by atoms with Crippen LogP contribution in [0.15, 0.2) is 164 Å². The first-order valence-corrected chi connectivity index (χ1v) is 26.5. The Hall–Kier alpha value is -7.33. The number of aromatic nitrogens is 4. The minimum atomic E-state index is -4.52. The molecule has 5 nitrogen and oxygen atoms in total. The number of para-hydroxylation sites is 1. The number of ether oxygens (including phenoxy) is 1. The van der Waals surface area contributed by atoms with Crippen molar-refractivity contribution in [2.75, 3.05) is 0 Å². The normalized spacial score (nSPS) is 19.9. The summed E-state index contributed by atoms with van der Waals surface area (Å²) < 4.78 is 189. The smallest absolute Gasteiger partial charge is 0.268 e. The van der Waals surface area contributed by atoms with E-state index >= 15 is 0 Å². The number of nitrogens with zero attached hydrogens (tertiary/aromatic N) is 4. The molecule has 0 saturated carbocycles. The summed E-state index contributed by atoms with van der Waals surface area (Å²) in [4.78, 5) is 4.85. The molecule has 404 valence electrons. The van der Waals surface area contributed by atoms with Gasteiger partial charge in [0.05, 0.1) is 20.8 Å². The van der Waals surface area contributed by atoms with Crippen molar-refractivity contribution in [2.24, 2.45) is 0 Å². The average Bonchev–Trinajstić information content (AvgIpc) is 1.21. The summed E-state index contributed by atoms with van der Waals surface area (Å²) in [5.41, 5.74) is -3.26. The van der Waals surface area contributed by atoms with Gasteiger partial charge in [-0.3, -0.25) is 4.57 Å². The molecule has 0 unspecified atom stereocenters. The minimum Gasteiger partial charge on any atom is -0.510 e. The molecule has 0 bridgehead atoms. The van der Waals surface area contributed by atoms with Gasteiger partial charge in [0.25, 0.3) is 6.33 Å². The number of benzene rings is 8. The molecule has 80 heavy (non-hydrogen) atoms. The van der Waals surface area contributed by atoms with E-state index < -0.39 is 91.2 Å². The van der Waals surface area contributed by atoms with Gasteiger partial charge in [0.2, 0.25) is 0 Å². The average molecular weight is 1250 g/mol. The van der Waals surface area contributed by atoms with Crippen molar-refractivity contribution in [3.8, 4) is 73.2 Å². The predicted octanol–water partition coefficient (Wildman–Crippen LogP) is 18.8. The van der Waals surface area contributed by atoms with Crippen LogP contribution in [0.4, 0.5) is 0 Å². The number of pyridine rings is 1. The van der Waals surface area contributed by atoms with Crippen LogP contribution >= 0.6 is 0 Å². The molecule has 0 spiro atoms. The fraction of sp³-hybridized carbons (Fsp3) is 0.270. The van der Waals surface area contributed by atoms with Gasteiger partial charge in [0, 0.05) is 66.2 Å². The van der Waals surface area contributed by atoms with E-state index in [4.69, 9.17) is 26.2 Å². The molecule has 4 heterocycles. The van der Waals surface area contributed by atoms with E-state index in [0.717, 1.165) is 49.7 Å². The molecule has 0 amide bonds. The van der Waals surface area contributed by atoms with Crippen LogP contribution in [0.5, 0.6) is 11.5 Å². The Morgan fingerprint density at radius 2 is 1.24 bits per heavy atom. The van der Waals surface area contributed by atoms with Gasteiger partial charge in [-0.25, -0.2) is 4.98 Å². The Morgan fingerprint density at radius 3 is 1.93 bits per heavy atom. The van der Waals surface area contributed by atoms with Gasteiger partial charge < -0.3 is 13.9 Å². The SMILES string of the molecule is [2H]c1c([2H])c2c(c([2H])c1-c1cc3c4c(c1)n(-c1[c-]c(Oc5[c-]c6c(cc5)c5ccccc5n6-c5cc(C(C)(C)C)ccn5)ccc1)[c-][n+]4-c1c(cc(C(C)(C)C)cc1C(C)(C)C)-c1ccccc1-c1ccccc1-3)C(C([2H])([2H])[2H])(C([2H])([2H])[2H])C([2H])([2H])C([2H])([2H])C2(C([2H])([2H])[2H])C([2H])([2H])[2H].[Pt]. The molecule has 0 radical (unpaired) electrons. The van der Waals surface area contributed by atoms with E-state index in [1.54, 1.807) is 35.0 Å². The summed E-state index contributed by atoms with van der Waals surface area (Å²) in [5, 5.41) is 1.88. The minimum absolute atomic E-state index is 0. The van der Waals surface area contributed by atoms with Gasteiger partial charge >= 0.3 is 0 Å². The standard InChI is InChI=1S/C74H70N4O.Pt/c1-70(2,3)48-33-36-75-67(42-48)78-64-28-19-18-27-57(64)58-31-30-52(44-65(58)78)79-51-22-20-21-50(43-51)76-45-77-68-60(40-49(71(4,5)6)41-63(68)72(7,8)9)56-26-17-15-24-54(56)53-23-14-16-25-55(53)59-37-47(39-66(76)69(59)77)46-29-32-61-62(38-46)74(12,13)35-34-73(61,10)11;/h14-33,36-42H,34-35H2,1-13H3;/q-2;/i10D3,11D3,12D3,13D3,29D,32D,34D2,35D2,38D;. The Morgan fingerprint density at radius 1 is 0.588 bits per heavy atom. The first kappa shape index (κ1) is 35.4. The summed E-state index contributed by atoms with van der Waals surface area (Å²) in [6.45, 7) is 2.23. The zero-order valence-electron chi connectivity index (χ0n) is 64.9. The maximum absolute atomic E-state index is 10.4. The van der Waals surface area contributed by atoms with E-state index in [9.17, 15) is 9.60 Å². The van der Waals surface area contributed by atoms with Crippen LogP contribution in [0.3, 0.4) is 0 Å². The van der Waals surface area contributed by atoms with E-state index in [-0.39, 0.29) is 48.7 Å². The molecule has 2 aliphatic rings. The molecule has 11 aromatic rings. The topological polar surface area (TPSA) is 35.9 Å². The van der Waals surface area contributed by atoms with Crippen LogP contribution in [0.25, 0.3) is 94.5 Å². The second kappa shape index (κ2) is 18.9. The van der Waals surface area contributed by atoms with E-state index in [1.807, 2.05) is 95.6 Å². The van der Waals surface area contributed by atoms with Gasteiger partial charge in [-0.1, -0.05) is 198 Å². The Labute approximate surface area is 514 Å². The van der Waals surface area contributed by atoms with Gasteiger partial charge in [0.1, 0.15) is 5.82 Å². The third kappa shape index (κ3) is 8.87. The summed E-state index contributed by atoms with van der Waals surface area (Å²) >= 11 is 0. The van der Waals surface area contributed by atoms with Crippen molar-refractivity contribution in [3.63, 3.8) is 0 Å². The zero-order chi connectivity index (χ0) is 71.3. The third-order valence-electron chi connectivity index (χ3n) is 15.4. The van der Waals surface area contributed by atoms with Crippen LogP contribution < -0.4 is 9.30 Å². The summed E-state index contributed by atoms with van der Waals surface area (Å²) in [7, 11) is 0. The molecule has 3 aromatic heterocycles. The van der Waals surface area contributed by atoms with Crippen molar-refractivity contribution < 1.29 is 56.4 Å². The van der Waals surface area contributed by atoms with Crippen LogP contribution in [0.1, 0.15) is 156 Å². The summed E-state index contributed by atoms with van der Waals surface area (Å²) in [5.74, 6) is 1.23. The summed E-state index contributed by atoms with van der Waals surface area (Å²) in [6.07, 6.45) is -3.51. The molecule has 0 saturated heterocycles. The zero-order valence-corrected chi connectivity index (χ0v) is 48.1. The van der Waals surface area contributed by atoms with E-state index in [0.29, 0.717) is 50.7 Å². The number of hydrogen-bond acceptors (Lipinski definition) is 2. The Bertz CT molecular complexity index is 5120. The van der Waals surface area contributed by atoms with Gasteiger partial charge in [-0.15, -0.1) is 29.7 Å². The van der Waals surface area contributed by atoms with Gasteiger partial charge in [-0.05, 0) is 147 Å². The maximum Gasteiger partial charge on any atom is 0.268 e. The molecule has 0 atom stereocenters. The molecule has 1 aliphatic heterocycles. The second-order valence-corrected chi connectivity index (χ2v) is 24.0. The van der Waals surface area contributed by atoms with Crippen molar-refractivity contribution in [3.05, 3.63) is 210 Å². The molecule has 8 aromatic carbocycles. The molecular formula is C74H70N4OPt-2. The fourth-order valence-corrected chi connectivity index (χ4v) is 11.3. The predicted molar refractivity (Wildman–Crippen MR) is 327 cm³/mol. The number of imidazole rings is 1. The van der Waals surface area contributed by atoms with Gasteiger partial charge in [-0.2, -0.15) is 18.2 Å². The van der Waals surface area contributed by atoms with Crippen molar-refractivity contribution in [1.29, 1.82) is 0 Å². The quantitative estimate of drug-likeness (QED) is 0.127. The first-order valence-electron chi connectivity index (χ1n) is 36.0. The van der Waals surface area contributed by atoms with E-state index in [2.05, 4.69) is 104 Å². The molecule has 13 rings (SSSR count). The van der Waals surface area contributed by atoms with Crippen molar-refractivity contribution in [2.45, 2.75) is 130 Å². The monoisotopic (exact) mass is 1240 g/mol. The van der Waals surface area contributed by atoms with Crippen LogP contribution in [0, 0.1) is 18.5 Å². The maximum atomic E-state index is 10.4. The number of fused-ring (bicyclic) bond motifs is 11. The first-order chi connectivity index (χ1) is 45.3. The summed E-state index contributed by atoms with van der Waals surface area (Å²) in [6, 6.07) is 47.2. The Balaban J connectivity index is 0.00000931. The largest absolute Gasteiger partial charge is 0.510 e. The fourth-order valence-electron chi connectivity index (χ4n) is 11.3. The molecule has 6 heteroatoms. The van der Waals surface area contributed by atoms with Crippen molar-refractivity contribution >= 4 is 32.8 Å². The number of hydrogen-bond donors (Lipinski definition) is 0. The molecular weight excluding hydrogens is 1160 g/mol. The van der Waals surface area contributed by atoms with Crippen LogP contribution in [0.2, 0.25) is 0 Å². The van der Waals surface area contributed by atoms with Crippen LogP contribution in [-0.2, 0) is 48.1 Å². The van der Waals surface area contributed by atoms with Crippen LogP contribution in [-0.4, -0.2) is 14.1 Å². The third-order valence-corrected chi connectivity index (χ3v) is 15.4. The van der Waals surface area contributed by atoms with Gasteiger partial charge in [0.15, 0.2) is 0 Å². The Kier molecular flexibility index (Phi) is 8.36. The molecule has 0 fully saturated rings. The number of rotatable bonds is 5. The van der Waals surface area contributed by atoms with E-state index in [1.165, 1.54) is 6.07 Å². The van der Waals surface area contributed by atoms with Crippen molar-refractivity contribution in [1.82, 2.24) is 14.1 Å². The second-order valence-electron chi connectivity index (χ2n) is 24.0.